The van der Waals surface area contributed by atoms with Crippen LogP contribution < -0.4 is 10.6 Å². The number of benzene rings is 2. The number of nitrogens with zero attached hydrogens (tertiary/aromatic N) is 1. The SMILES string of the molecule is O=C(Nc1c(F)cccc1F)c1ccc(Nc2ccccc2C(F)(F)F)nc1. The Bertz CT molecular complexity index is 983. The lowest BCUT2D eigenvalue weighted by Gasteiger charge is -2.14. The summed E-state index contributed by atoms with van der Waals surface area (Å²) in [6, 6.07) is 10.5. The molecule has 0 spiro atoms. The summed E-state index contributed by atoms with van der Waals surface area (Å²) in [5, 5.41) is 4.63. The van der Waals surface area contributed by atoms with Gasteiger partial charge in [0.15, 0.2) is 0 Å². The molecule has 0 saturated heterocycles. The molecule has 4 nitrogen and oxygen atoms in total. The van der Waals surface area contributed by atoms with Crippen molar-refractivity contribution in [3.05, 3.63) is 83.6 Å². The smallest absolute Gasteiger partial charge is 0.340 e. The average Bonchev–Trinajstić information content (AvgIpc) is 2.65. The average molecular weight is 393 g/mol. The quantitative estimate of drug-likeness (QED) is 0.586. The normalized spacial score (nSPS) is 11.2. The van der Waals surface area contributed by atoms with Gasteiger partial charge in [0, 0.05) is 6.20 Å². The van der Waals surface area contributed by atoms with Crippen LogP contribution in [0.25, 0.3) is 0 Å². The Labute approximate surface area is 156 Å². The molecule has 0 aliphatic rings. The van der Waals surface area contributed by atoms with Crippen molar-refractivity contribution in [1.29, 1.82) is 0 Å². The minimum absolute atomic E-state index is 0.0303. The van der Waals surface area contributed by atoms with E-state index in [1.165, 1.54) is 30.3 Å². The Hall–Kier alpha value is -3.49. The van der Waals surface area contributed by atoms with E-state index in [1.54, 1.807) is 0 Å². The van der Waals surface area contributed by atoms with Crippen LogP contribution in [0, 0.1) is 11.6 Å². The number of rotatable bonds is 4. The fourth-order valence-electron chi connectivity index (χ4n) is 2.38. The number of carbonyl (C=O) groups is 1. The first kappa shape index (κ1) is 19.3. The summed E-state index contributed by atoms with van der Waals surface area (Å²) in [4.78, 5) is 16.0. The second-order valence-corrected chi connectivity index (χ2v) is 5.65. The first-order chi connectivity index (χ1) is 13.3. The number of alkyl halides is 3. The second-order valence-electron chi connectivity index (χ2n) is 5.65. The van der Waals surface area contributed by atoms with Gasteiger partial charge in [0.25, 0.3) is 5.91 Å². The highest BCUT2D eigenvalue weighted by Gasteiger charge is 2.33. The van der Waals surface area contributed by atoms with Crippen molar-refractivity contribution in [1.82, 2.24) is 4.98 Å². The monoisotopic (exact) mass is 393 g/mol. The second kappa shape index (κ2) is 7.63. The van der Waals surface area contributed by atoms with Crippen LogP contribution in [0.15, 0.2) is 60.8 Å². The zero-order valence-electron chi connectivity index (χ0n) is 14.0. The molecule has 0 fully saturated rings. The van der Waals surface area contributed by atoms with Crippen LogP contribution >= 0.6 is 0 Å². The van der Waals surface area contributed by atoms with Gasteiger partial charge in [0.05, 0.1) is 16.8 Å². The maximum atomic E-state index is 13.6. The van der Waals surface area contributed by atoms with Crippen LogP contribution in [-0.4, -0.2) is 10.9 Å². The fraction of sp³-hybridized carbons (Fsp3) is 0.0526. The van der Waals surface area contributed by atoms with Gasteiger partial charge in [-0.15, -0.1) is 0 Å². The van der Waals surface area contributed by atoms with Gasteiger partial charge in [-0.2, -0.15) is 13.2 Å². The summed E-state index contributed by atoms with van der Waals surface area (Å²) in [6.07, 6.45) is -3.47. The summed E-state index contributed by atoms with van der Waals surface area (Å²) in [7, 11) is 0. The number of pyridine rings is 1. The van der Waals surface area contributed by atoms with Crippen molar-refractivity contribution in [2.24, 2.45) is 0 Å². The van der Waals surface area contributed by atoms with Crippen LogP contribution in [0.2, 0.25) is 0 Å². The van der Waals surface area contributed by atoms with Crippen molar-refractivity contribution in [3.8, 4) is 0 Å². The number of anilines is 3. The molecule has 144 valence electrons. The molecule has 1 amide bonds. The number of amides is 1. The molecule has 0 atom stereocenters. The Morgan fingerprint density at radius 1 is 0.893 bits per heavy atom. The molecule has 0 bridgehead atoms. The van der Waals surface area contributed by atoms with Crippen LogP contribution in [0.3, 0.4) is 0 Å². The maximum absolute atomic E-state index is 13.6. The van der Waals surface area contributed by atoms with Gasteiger partial charge in [0.1, 0.15) is 23.1 Å². The topological polar surface area (TPSA) is 54.0 Å². The molecule has 1 heterocycles. The molecular weight excluding hydrogens is 381 g/mol. The van der Waals surface area contributed by atoms with E-state index in [0.29, 0.717) is 0 Å². The highest BCUT2D eigenvalue weighted by molar-refractivity contribution is 6.04. The molecule has 0 aliphatic heterocycles. The lowest BCUT2D eigenvalue weighted by Crippen LogP contribution is -2.15. The molecule has 0 aliphatic carbocycles. The minimum atomic E-state index is -4.55. The molecular formula is C19H12F5N3O. The first-order valence-electron chi connectivity index (χ1n) is 7.90. The van der Waals surface area contributed by atoms with E-state index in [1.807, 2.05) is 0 Å². The summed E-state index contributed by atoms with van der Waals surface area (Å²) in [6.45, 7) is 0. The summed E-state index contributed by atoms with van der Waals surface area (Å²) >= 11 is 0. The van der Waals surface area contributed by atoms with Crippen LogP contribution in [0.5, 0.6) is 0 Å². The van der Waals surface area contributed by atoms with E-state index in [4.69, 9.17) is 0 Å². The standard InChI is InChI=1S/C19H12F5N3O/c20-13-5-3-6-14(21)17(13)27-18(28)11-8-9-16(25-10-11)26-15-7-2-1-4-12(15)19(22,23)24/h1-10H,(H,25,26)(H,27,28). The Morgan fingerprint density at radius 3 is 2.18 bits per heavy atom. The number of hydrogen-bond donors (Lipinski definition) is 2. The molecule has 3 aromatic rings. The third-order valence-electron chi connectivity index (χ3n) is 3.72. The van der Waals surface area contributed by atoms with Crippen molar-refractivity contribution >= 4 is 23.1 Å². The van der Waals surface area contributed by atoms with Gasteiger partial charge in [0.2, 0.25) is 0 Å². The van der Waals surface area contributed by atoms with Gasteiger partial charge >= 0.3 is 6.18 Å². The molecule has 9 heteroatoms. The van der Waals surface area contributed by atoms with E-state index in [9.17, 15) is 26.7 Å². The highest BCUT2D eigenvalue weighted by atomic mass is 19.4. The number of halogens is 5. The first-order valence-corrected chi connectivity index (χ1v) is 7.90. The molecule has 0 unspecified atom stereocenters. The van der Waals surface area contributed by atoms with Crippen LogP contribution in [0.4, 0.5) is 39.1 Å². The molecule has 2 aromatic carbocycles. The Morgan fingerprint density at radius 2 is 1.57 bits per heavy atom. The summed E-state index contributed by atoms with van der Waals surface area (Å²) < 4.78 is 66.2. The lowest BCUT2D eigenvalue weighted by molar-refractivity contribution is -0.136. The molecule has 2 N–H and O–H groups in total. The third-order valence-corrected chi connectivity index (χ3v) is 3.72. The van der Waals surface area contributed by atoms with E-state index >= 15 is 0 Å². The summed E-state index contributed by atoms with van der Waals surface area (Å²) in [5.41, 5.74) is -1.70. The Kier molecular flexibility index (Phi) is 5.25. The molecule has 1 aromatic heterocycles. The minimum Gasteiger partial charge on any atom is -0.340 e. The van der Waals surface area contributed by atoms with E-state index in [0.717, 1.165) is 30.5 Å². The van der Waals surface area contributed by atoms with Gasteiger partial charge in [-0.25, -0.2) is 13.8 Å². The third kappa shape index (κ3) is 4.25. The van der Waals surface area contributed by atoms with Gasteiger partial charge < -0.3 is 10.6 Å². The lowest BCUT2D eigenvalue weighted by atomic mass is 10.1. The van der Waals surface area contributed by atoms with Gasteiger partial charge in [-0.1, -0.05) is 18.2 Å². The Balaban J connectivity index is 1.77. The van der Waals surface area contributed by atoms with Crippen molar-refractivity contribution < 1.29 is 26.7 Å². The molecule has 0 radical (unpaired) electrons. The predicted octanol–water partition coefficient (Wildman–Crippen LogP) is 5.37. The fourth-order valence-corrected chi connectivity index (χ4v) is 2.38. The molecule has 28 heavy (non-hydrogen) atoms. The van der Waals surface area contributed by atoms with Gasteiger partial charge in [-0.05, 0) is 36.4 Å². The number of aromatic nitrogens is 1. The van der Waals surface area contributed by atoms with Crippen molar-refractivity contribution in [2.45, 2.75) is 6.18 Å². The maximum Gasteiger partial charge on any atom is 0.418 e. The summed E-state index contributed by atoms with van der Waals surface area (Å²) in [5.74, 6) is -2.64. The number of para-hydroxylation sites is 2. The van der Waals surface area contributed by atoms with E-state index in [2.05, 4.69) is 15.6 Å². The molecule has 0 saturated carbocycles. The zero-order chi connectivity index (χ0) is 20.3. The van der Waals surface area contributed by atoms with Crippen LogP contribution in [0.1, 0.15) is 15.9 Å². The highest BCUT2D eigenvalue weighted by Crippen LogP contribution is 2.35. The number of hydrogen-bond acceptors (Lipinski definition) is 3. The van der Waals surface area contributed by atoms with E-state index in [-0.39, 0.29) is 17.1 Å². The van der Waals surface area contributed by atoms with Crippen molar-refractivity contribution in [2.75, 3.05) is 10.6 Å². The predicted molar refractivity (Wildman–Crippen MR) is 93.3 cm³/mol. The van der Waals surface area contributed by atoms with Crippen molar-refractivity contribution in [3.63, 3.8) is 0 Å². The number of nitrogens with one attached hydrogen (secondary N) is 2. The molecule has 3 rings (SSSR count). The largest absolute Gasteiger partial charge is 0.418 e. The number of carbonyl (C=O) groups excluding carboxylic acids is 1. The zero-order valence-corrected chi connectivity index (χ0v) is 14.0. The van der Waals surface area contributed by atoms with Gasteiger partial charge in [-0.3, -0.25) is 4.79 Å². The van der Waals surface area contributed by atoms with E-state index < -0.39 is 35.0 Å². The van der Waals surface area contributed by atoms with Crippen LogP contribution in [-0.2, 0) is 6.18 Å².